The average Bonchev–Trinajstić information content (AvgIpc) is 2.25. The number of ether oxygens (including phenoxy) is 1. The number of nitrogens with zero attached hydrogens (tertiary/aromatic N) is 1. The van der Waals surface area contributed by atoms with Crippen molar-refractivity contribution in [3.8, 4) is 0 Å². The molecule has 2 aromatic rings. The largest absolute Gasteiger partial charge is 0.465 e. The van der Waals surface area contributed by atoms with E-state index in [1.807, 2.05) is 26.0 Å². The summed E-state index contributed by atoms with van der Waals surface area (Å²) in [5.74, 6) is -0.0704. The zero-order valence-corrected chi connectivity index (χ0v) is 10.1. The molecule has 1 aromatic carbocycles. The molecular weight excluding hydrogens is 216 g/mol. The number of methoxy groups -OCH3 is 1. The zero-order chi connectivity index (χ0) is 12.6. The lowest BCUT2D eigenvalue weighted by Crippen LogP contribution is -2.06. The van der Waals surface area contributed by atoms with Crippen molar-refractivity contribution in [2.45, 2.75) is 13.8 Å². The van der Waals surface area contributed by atoms with Crippen LogP contribution in [0.5, 0.6) is 0 Å². The first kappa shape index (κ1) is 11.4. The summed E-state index contributed by atoms with van der Waals surface area (Å²) in [5, 5.41) is 0.802. The van der Waals surface area contributed by atoms with E-state index in [9.17, 15) is 4.79 Å². The third-order valence-electron chi connectivity index (χ3n) is 2.68. The monoisotopic (exact) mass is 230 g/mol. The normalized spacial score (nSPS) is 10.5. The Morgan fingerprint density at radius 3 is 2.65 bits per heavy atom. The summed E-state index contributed by atoms with van der Waals surface area (Å²) in [6.45, 7) is 3.93. The van der Waals surface area contributed by atoms with E-state index in [1.165, 1.54) is 7.11 Å². The van der Waals surface area contributed by atoms with E-state index < -0.39 is 5.97 Å². The molecule has 0 fully saturated rings. The van der Waals surface area contributed by atoms with Crippen molar-refractivity contribution in [2.24, 2.45) is 0 Å². The highest BCUT2D eigenvalue weighted by atomic mass is 16.5. The van der Waals surface area contributed by atoms with Crippen LogP contribution in [0.3, 0.4) is 0 Å². The number of rotatable bonds is 1. The van der Waals surface area contributed by atoms with Crippen LogP contribution in [0, 0.1) is 13.8 Å². The van der Waals surface area contributed by atoms with E-state index in [4.69, 9.17) is 10.5 Å². The number of carbonyl (C=O) groups is 1. The van der Waals surface area contributed by atoms with Gasteiger partial charge in [0.2, 0.25) is 0 Å². The van der Waals surface area contributed by atoms with Crippen LogP contribution in [0.4, 0.5) is 5.82 Å². The van der Waals surface area contributed by atoms with Gasteiger partial charge in [-0.15, -0.1) is 0 Å². The lowest BCUT2D eigenvalue weighted by Gasteiger charge is -2.09. The van der Waals surface area contributed by atoms with Gasteiger partial charge in [0.15, 0.2) is 0 Å². The van der Waals surface area contributed by atoms with Gasteiger partial charge in [-0.2, -0.15) is 0 Å². The van der Waals surface area contributed by atoms with E-state index in [0.717, 1.165) is 22.0 Å². The average molecular weight is 230 g/mol. The molecule has 0 radical (unpaired) electrons. The first-order valence-corrected chi connectivity index (χ1v) is 5.28. The number of nitrogen functional groups attached to an aromatic ring is 1. The third-order valence-corrected chi connectivity index (χ3v) is 2.68. The molecule has 4 heteroatoms. The summed E-state index contributed by atoms with van der Waals surface area (Å²) in [6.07, 6.45) is 0. The lowest BCUT2D eigenvalue weighted by molar-refractivity contribution is 0.0603. The van der Waals surface area contributed by atoms with Crippen molar-refractivity contribution in [3.05, 3.63) is 34.9 Å². The first-order chi connectivity index (χ1) is 8.02. The maximum absolute atomic E-state index is 11.7. The molecule has 0 spiro atoms. The number of benzene rings is 1. The van der Waals surface area contributed by atoms with Crippen molar-refractivity contribution in [2.75, 3.05) is 12.8 Å². The molecule has 17 heavy (non-hydrogen) atoms. The first-order valence-electron chi connectivity index (χ1n) is 5.28. The van der Waals surface area contributed by atoms with Crippen molar-refractivity contribution in [3.63, 3.8) is 0 Å². The molecule has 88 valence electrons. The van der Waals surface area contributed by atoms with E-state index in [2.05, 4.69) is 4.98 Å². The minimum Gasteiger partial charge on any atom is -0.465 e. The summed E-state index contributed by atoms with van der Waals surface area (Å²) < 4.78 is 4.76. The number of aromatic nitrogens is 1. The van der Waals surface area contributed by atoms with Gasteiger partial charge in [-0.3, -0.25) is 0 Å². The molecule has 0 aliphatic rings. The molecule has 0 bridgehead atoms. The van der Waals surface area contributed by atoms with Crippen LogP contribution in [0.15, 0.2) is 18.2 Å². The number of nitrogens with two attached hydrogens (primary N) is 1. The number of aryl methyl sites for hydroxylation is 2. The minimum atomic E-state index is -0.393. The maximum atomic E-state index is 11.7. The van der Waals surface area contributed by atoms with Crippen LogP contribution in [0.1, 0.15) is 21.5 Å². The molecule has 0 unspecified atom stereocenters. The number of pyridine rings is 1. The Balaban J connectivity index is 2.87. The van der Waals surface area contributed by atoms with Gasteiger partial charge in [-0.05, 0) is 37.1 Å². The maximum Gasteiger partial charge on any atom is 0.338 e. The molecule has 1 aromatic heterocycles. The van der Waals surface area contributed by atoms with Crippen molar-refractivity contribution in [1.82, 2.24) is 4.98 Å². The molecule has 2 rings (SSSR count). The smallest absolute Gasteiger partial charge is 0.338 e. The fourth-order valence-electron chi connectivity index (χ4n) is 2.05. The second kappa shape index (κ2) is 4.05. The van der Waals surface area contributed by atoms with E-state index in [0.29, 0.717) is 11.4 Å². The standard InChI is InChI=1S/C13H14N2O2/c1-7-4-8(2)12-9(13(16)17-3)6-11(14)15-10(12)5-7/h4-6H,1-3H3,(H2,14,15). The fraction of sp³-hybridized carbons (Fsp3) is 0.231. The summed E-state index contributed by atoms with van der Waals surface area (Å²) in [6, 6.07) is 5.47. The highest BCUT2D eigenvalue weighted by Gasteiger charge is 2.14. The fourth-order valence-corrected chi connectivity index (χ4v) is 2.05. The third kappa shape index (κ3) is 1.93. The minimum absolute atomic E-state index is 0.322. The summed E-state index contributed by atoms with van der Waals surface area (Å²) >= 11 is 0. The van der Waals surface area contributed by atoms with Crippen LogP contribution >= 0.6 is 0 Å². The van der Waals surface area contributed by atoms with Crippen molar-refractivity contribution in [1.29, 1.82) is 0 Å². The van der Waals surface area contributed by atoms with Gasteiger partial charge < -0.3 is 10.5 Å². The Labute approximate surface area is 99.4 Å². The van der Waals surface area contributed by atoms with Crippen LogP contribution in [-0.4, -0.2) is 18.1 Å². The van der Waals surface area contributed by atoms with Gasteiger partial charge in [0.1, 0.15) is 5.82 Å². The van der Waals surface area contributed by atoms with Crippen LogP contribution in [-0.2, 0) is 4.74 Å². The molecule has 2 N–H and O–H groups in total. The molecule has 0 aliphatic carbocycles. The van der Waals surface area contributed by atoms with Gasteiger partial charge in [-0.25, -0.2) is 9.78 Å². The molecular formula is C13H14N2O2. The Kier molecular flexibility index (Phi) is 2.71. The predicted octanol–water partition coefficient (Wildman–Crippen LogP) is 2.22. The van der Waals surface area contributed by atoms with E-state index in [1.54, 1.807) is 6.07 Å². The Hall–Kier alpha value is -2.10. The van der Waals surface area contributed by atoms with E-state index in [-0.39, 0.29) is 0 Å². The van der Waals surface area contributed by atoms with E-state index >= 15 is 0 Å². The number of hydrogen-bond acceptors (Lipinski definition) is 4. The molecule has 4 nitrogen and oxygen atoms in total. The molecule has 1 heterocycles. The van der Waals surface area contributed by atoms with Crippen LogP contribution in [0.2, 0.25) is 0 Å². The number of hydrogen-bond donors (Lipinski definition) is 1. The predicted molar refractivity (Wildman–Crippen MR) is 67.0 cm³/mol. The molecule has 0 amide bonds. The number of fused-ring (bicyclic) bond motifs is 1. The topological polar surface area (TPSA) is 65.2 Å². The SMILES string of the molecule is COC(=O)c1cc(N)nc2cc(C)cc(C)c12. The van der Waals surface area contributed by atoms with Gasteiger partial charge >= 0.3 is 5.97 Å². The van der Waals surface area contributed by atoms with Crippen LogP contribution in [0.25, 0.3) is 10.9 Å². The highest BCUT2D eigenvalue weighted by molar-refractivity contribution is 6.05. The summed E-state index contributed by atoms with van der Waals surface area (Å²) in [4.78, 5) is 16.0. The quantitative estimate of drug-likeness (QED) is 0.763. The second-order valence-electron chi connectivity index (χ2n) is 4.06. The Bertz CT molecular complexity index is 601. The highest BCUT2D eigenvalue weighted by Crippen LogP contribution is 2.25. The molecule has 0 aliphatic heterocycles. The molecule has 0 saturated heterocycles. The van der Waals surface area contributed by atoms with Gasteiger partial charge in [0.25, 0.3) is 0 Å². The number of anilines is 1. The number of esters is 1. The Morgan fingerprint density at radius 1 is 1.29 bits per heavy atom. The second-order valence-corrected chi connectivity index (χ2v) is 4.06. The summed E-state index contributed by atoms with van der Waals surface area (Å²) in [5.41, 5.74) is 8.97. The summed E-state index contributed by atoms with van der Waals surface area (Å²) in [7, 11) is 1.36. The molecule has 0 atom stereocenters. The van der Waals surface area contributed by atoms with Crippen molar-refractivity contribution >= 4 is 22.7 Å². The zero-order valence-electron chi connectivity index (χ0n) is 10.1. The van der Waals surface area contributed by atoms with Crippen molar-refractivity contribution < 1.29 is 9.53 Å². The Morgan fingerprint density at radius 2 is 2.00 bits per heavy atom. The lowest BCUT2D eigenvalue weighted by atomic mass is 10.0. The number of carbonyl (C=O) groups excluding carboxylic acids is 1. The molecule has 0 saturated carbocycles. The van der Waals surface area contributed by atoms with Gasteiger partial charge in [0.05, 0.1) is 18.2 Å². The van der Waals surface area contributed by atoms with Gasteiger partial charge in [-0.1, -0.05) is 6.07 Å². The van der Waals surface area contributed by atoms with Gasteiger partial charge in [0, 0.05) is 5.39 Å². The van der Waals surface area contributed by atoms with Crippen LogP contribution < -0.4 is 5.73 Å².